The lowest BCUT2D eigenvalue weighted by molar-refractivity contribution is 1.26. The SMILES string of the molecule is Cc1ccc(C[P+](c2ccccc2)(c2ccccc2)c2ccccc2)c(C)c1. The maximum atomic E-state index is 2.33. The molecule has 4 rings (SSSR count). The van der Waals surface area contributed by atoms with Crippen molar-refractivity contribution in [1.82, 2.24) is 0 Å². The van der Waals surface area contributed by atoms with E-state index in [0.29, 0.717) is 0 Å². The van der Waals surface area contributed by atoms with Gasteiger partial charge in [0.25, 0.3) is 0 Å². The highest BCUT2D eigenvalue weighted by atomic mass is 31.2. The summed E-state index contributed by atoms with van der Waals surface area (Å²) in [6.45, 7) is 4.42. The molecule has 0 spiro atoms. The van der Waals surface area contributed by atoms with E-state index in [1.807, 2.05) is 0 Å². The van der Waals surface area contributed by atoms with Gasteiger partial charge in [-0.3, -0.25) is 0 Å². The topological polar surface area (TPSA) is 0 Å². The van der Waals surface area contributed by atoms with Crippen LogP contribution in [0.15, 0.2) is 109 Å². The molecule has 1 heteroatoms. The van der Waals surface area contributed by atoms with Crippen molar-refractivity contribution in [2.75, 3.05) is 0 Å². The maximum absolute atomic E-state index is 2.33. The van der Waals surface area contributed by atoms with Gasteiger partial charge >= 0.3 is 0 Å². The summed E-state index contributed by atoms with van der Waals surface area (Å²) >= 11 is 0. The molecule has 138 valence electrons. The summed E-state index contributed by atoms with van der Waals surface area (Å²) in [5, 5.41) is 4.31. The lowest BCUT2D eigenvalue weighted by Crippen LogP contribution is -2.32. The van der Waals surface area contributed by atoms with E-state index in [2.05, 4.69) is 123 Å². The Labute approximate surface area is 169 Å². The average molecular weight is 381 g/mol. The highest BCUT2D eigenvalue weighted by Gasteiger charge is 2.45. The van der Waals surface area contributed by atoms with Crippen molar-refractivity contribution in [2.24, 2.45) is 0 Å². The van der Waals surface area contributed by atoms with Crippen molar-refractivity contribution in [3.8, 4) is 0 Å². The Morgan fingerprint density at radius 2 is 0.964 bits per heavy atom. The molecule has 0 aliphatic carbocycles. The molecule has 28 heavy (non-hydrogen) atoms. The van der Waals surface area contributed by atoms with E-state index in [4.69, 9.17) is 0 Å². The number of hydrogen-bond acceptors (Lipinski definition) is 0. The van der Waals surface area contributed by atoms with E-state index in [9.17, 15) is 0 Å². The molecule has 0 saturated heterocycles. The zero-order chi connectivity index (χ0) is 19.4. The second-order valence-electron chi connectivity index (χ2n) is 7.40. The number of benzene rings is 4. The fourth-order valence-electron chi connectivity index (χ4n) is 4.05. The molecule has 0 unspecified atom stereocenters. The zero-order valence-electron chi connectivity index (χ0n) is 16.5. The van der Waals surface area contributed by atoms with Crippen LogP contribution in [0.2, 0.25) is 0 Å². The van der Waals surface area contributed by atoms with Gasteiger partial charge in [-0.15, -0.1) is 0 Å². The van der Waals surface area contributed by atoms with Crippen molar-refractivity contribution in [1.29, 1.82) is 0 Å². The Balaban J connectivity index is 2.01. The molecule has 4 aromatic rings. The van der Waals surface area contributed by atoms with Crippen LogP contribution in [0.3, 0.4) is 0 Å². The normalized spacial score (nSPS) is 11.4. The summed E-state index contributed by atoms with van der Waals surface area (Å²) in [4.78, 5) is 0. The number of rotatable bonds is 5. The lowest BCUT2D eigenvalue weighted by Gasteiger charge is -2.28. The Morgan fingerprint density at radius 1 is 0.536 bits per heavy atom. The summed E-state index contributed by atoms with van der Waals surface area (Å²) < 4.78 is 0. The van der Waals surface area contributed by atoms with Gasteiger partial charge < -0.3 is 0 Å². The molecule has 4 aromatic carbocycles. The smallest absolute Gasteiger partial charge is 0.0620 e. The summed E-state index contributed by atoms with van der Waals surface area (Å²) in [7, 11) is -1.82. The lowest BCUT2D eigenvalue weighted by atomic mass is 10.1. The molecule has 0 heterocycles. The quantitative estimate of drug-likeness (QED) is 0.383. The van der Waals surface area contributed by atoms with Crippen molar-refractivity contribution < 1.29 is 0 Å². The van der Waals surface area contributed by atoms with Crippen LogP contribution in [0.4, 0.5) is 0 Å². The van der Waals surface area contributed by atoms with Crippen LogP contribution in [0.1, 0.15) is 16.7 Å². The van der Waals surface area contributed by atoms with Crippen LogP contribution in [0.25, 0.3) is 0 Å². The Bertz CT molecular complexity index is 941. The first-order valence-corrected chi connectivity index (χ1v) is 11.8. The molecule has 0 atom stereocenters. The molecule has 0 amide bonds. The van der Waals surface area contributed by atoms with Gasteiger partial charge in [-0.25, -0.2) is 0 Å². The minimum absolute atomic E-state index is 1.04. The van der Waals surface area contributed by atoms with E-state index in [-0.39, 0.29) is 0 Å². The van der Waals surface area contributed by atoms with E-state index in [1.54, 1.807) is 0 Å². The maximum Gasteiger partial charge on any atom is 0.116 e. The van der Waals surface area contributed by atoms with E-state index < -0.39 is 7.26 Å². The third-order valence-corrected chi connectivity index (χ3v) is 9.85. The monoisotopic (exact) mass is 381 g/mol. The second kappa shape index (κ2) is 8.13. The van der Waals surface area contributed by atoms with Gasteiger partial charge in [0, 0.05) is 0 Å². The van der Waals surface area contributed by atoms with Crippen LogP contribution in [-0.4, -0.2) is 0 Å². The van der Waals surface area contributed by atoms with E-state index >= 15 is 0 Å². The summed E-state index contributed by atoms with van der Waals surface area (Å²) in [5.41, 5.74) is 4.15. The molecule has 0 radical (unpaired) electrons. The largest absolute Gasteiger partial charge is 0.116 e. The fraction of sp³-hybridized carbons (Fsp3) is 0.111. The molecule has 0 nitrogen and oxygen atoms in total. The van der Waals surface area contributed by atoms with Crippen molar-refractivity contribution in [3.63, 3.8) is 0 Å². The number of aryl methyl sites for hydroxylation is 2. The Hall–Kier alpha value is -2.69. The highest BCUT2D eigenvalue weighted by Crippen LogP contribution is 2.58. The molecule has 0 bridgehead atoms. The molecule has 0 aromatic heterocycles. The summed E-state index contributed by atoms with van der Waals surface area (Å²) in [6.07, 6.45) is 1.04. The van der Waals surface area contributed by atoms with Crippen LogP contribution in [0, 0.1) is 13.8 Å². The van der Waals surface area contributed by atoms with Gasteiger partial charge in [0.1, 0.15) is 23.2 Å². The molecule has 0 saturated carbocycles. The van der Waals surface area contributed by atoms with Crippen molar-refractivity contribution >= 4 is 23.2 Å². The van der Waals surface area contributed by atoms with Crippen LogP contribution in [-0.2, 0) is 6.16 Å². The van der Waals surface area contributed by atoms with Gasteiger partial charge in [0.05, 0.1) is 6.16 Å². The second-order valence-corrected chi connectivity index (χ2v) is 10.9. The van der Waals surface area contributed by atoms with Crippen molar-refractivity contribution in [3.05, 3.63) is 126 Å². The summed E-state index contributed by atoms with van der Waals surface area (Å²) in [5.74, 6) is 0. The van der Waals surface area contributed by atoms with Crippen LogP contribution < -0.4 is 15.9 Å². The standard InChI is InChI=1S/C27H26P/c1-22-18-19-24(23(2)20-22)21-28(25-12-6-3-7-13-25,26-14-8-4-9-15-26)27-16-10-5-11-17-27/h3-20H,21H2,1-2H3/q+1. The fourth-order valence-corrected chi connectivity index (χ4v) is 8.40. The number of hydrogen-bond donors (Lipinski definition) is 0. The van der Waals surface area contributed by atoms with Crippen molar-refractivity contribution in [2.45, 2.75) is 20.0 Å². The predicted octanol–water partition coefficient (Wildman–Crippen LogP) is 5.80. The molecule has 0 aliphatic rings. The molecular formula is C27H26P+. The third-order valence-electron chi connectivity index (χ3n) is 5.50. The minimum atomic E-state index is -1.82. The van der Waals surface area contributed by atoms with Gasteiger partial charge in [0.15, 0.2) is 0 Å². The van der Waals surface area contributed by atoms with Crippen LogP contribution >= 0.6 is 7.26 Å². The van der Waals surface area contributed by atoms with Gasteiger partial charge in [-0.2, -0.15) is 0 Å². The molecule has 0 aliphatic heterocycles. The van der Waals surface area contributed by atoms with E-state index in [0.717, 1.165) is 6.16 Å². The van der Waals surface area contributed by atoms with Gasteiger partial charge in [0.2, 0.25) is 0 Å². The van der Waals surface area contributed by atoms with Gasteiger partial charge in [-0.05, 0) is 61.4 Å². The molecular weight excluding hydrogens is 355 g/mol. The van der Waals surface area contributed by atoms with Gasteiger partial charge in [-0.1, -0.05) is 78.4 Å². The predicted molar refractivity (Wildman–Crippen MR) is 125 cm³/mol. The minimum Gasteiger partial charge on any atom is -0.0620 e. The Kier molecular flexibility index (Phi) is 5.42. The summed E-state index contributed by atoms with van der Waals surface area (Å²) in [6, 6.07) is 40.2. The Morgan fingerprint density at radius 3 is 1.36 bits per heavy atom. The first kappa shape index (κ1) is 18.7. The van der Waals surface area contributed by atoms with Crippen LogP contribution in [0.5, 0.6) is 0 Å². The molecule has 0 N–H and O–H groups in total. The highest BCUT2D eigenvalue weighted by molar-refractivity contribution is 7.95. The first-order valence-electron chi connectivity index (χ1n) is 9.81. The molecule has 0 fully saturated rings. The average Bonchev–Trinajstić information content (AvgIpc) is 2.75. The third kappa shape index (κ3) is 3.53. The van der Waals surface area contributed by atoms with E-state index in [1.165, 1.54) is 32.6 Å². The zero-order valence-corrected chi connectivity index (χ0v) is 17.4. The first-order chi connectivity index (χ1) is 13.7.